The van der Waals surface area contributed by atoms with Gasteiger partial charge in [-0.3, -0.25) is 0 Å². The van der Waals surface area contributed by atoms with Crippen LogP contribution in [-0.2, 0) is 19.9 Å². The van der Waals surface area contributed by atoms with Crippen LogP contribution in [0.4, 0.5) is 4.39 Å². The molecule has 0 aliphatic carbocycles. The van der Waals surface area contributed by atoms with Crippen molar-refractivity contribution in [3.63, 3.8) is 0 Å². The molecule has 19 heavy (non-hydrogen) atoms. The molecule has 1 rings (SSSR count). The first-order chi connectivity index (χ1) is 8.54. The van der Waals surface area contributed by atoms with Gasteiger partial charge in [0.2, 0.25) is 10.0 Å². The standard InChI is InChI=1S/C10H13BrFNO4S2/c1-13(5-6-18(2,14)15)19(16,17)10-4-3-8(12)7-9(10)11/h3-4,7H,5-6H2,1-2H3. The Morgan fingerprint density at radius 3 is 2.32 bits per heavy atom. The van der Waals surface area contributed by atoms with Gasteiger partial charge in [-0.1, -0.05) is 0 Å². The topological polar surface area (TPSA) is 71.5 Å². The minimum atomic E-state index is -3.85. The number of sulfone groups is 1. The molecule has 0 spiro atoms. The van der Waals surface area contributed by atoms with Crippen LogP contribution < -0.4 is 0 Å². The van der Waals surface area contributed by atoms with Crippen molar-refractivity contribution in [3.8, 4) is 0 Å². The van der Waals surface area contributed by atoms with Crippen LogP contribution in [0.1, 0.15) is 0 Å². The smallest absolute Gasteiger partial charge is 0.229 e. The number of halogens is 2. The average Bonchev–Trinajstić information content (AvgIpc) is 2.24. The Hall–Kier alpha value is -0.510. The van der Waals surface area contributed by atoms with Gasteiger partial charge in [0.1, 0.15) is 15.7 Å². The molecule has 1 aromatic rings. The van der Waals surface area contributed by atoms with E-state index in [1.165, 1.54) is 7.05 Å². The zero-order valence-corrected chi connectivity index (χ0v) is 13.5. The van der Waals surface area contributed by atoms with Crippen LogP contribution in [0.25, 0.3) is 0 Å². The Balaban J connectivity index is 3.03. The molecule has 0 aliphatic heterocycles. The molecule has 9 heteroatoms. The quantitative estimate of drug-likeness (QED) is 0.778. The highest BCUT2D eigenvalue weighted by molar-refractivity contribution is 9.10. The van der Waals surface area contributed by atoms with E-state index in [1.54, 1.807) is 0 Å². The second-order valence-electron chi connectivity index (χ2n) is 4.03. The summed E-state index contributed by atoms with van der Waals surface area (Å²) in [4.78, 5) is -0.107. The summed E-state index contributed by atoms with van der Waals surface area (Å²) in [6.07, 6.45) is 1.03. The number of rotatable bonds is 5. The Bertz CT molecular complexity index is 673. The van der Waals surface area contributed by atoms with Crippen molar-refractivity contribution in [2.75, 3.05) is 25.6 Å². The Morgan fingerprint density at radius 2 is 1.84 bits per heavy atom. The van der Waals surface area contributed by atoms with Gasteiger partial charge in [-0.05, 0) is 34.1 Å². The fourth-order valence-corrected chi connectivity index (χ4v) is 4.17. The second-order valence-corrected chi connectivity index (χ2v) is 9.16. The maximum Gasteiger partial charge on any atom is 0.243 e. The van der Waals surface area contributed by atoms with E-state index in [0.717, 1.165) is 28.8 Å². The van der Waals surface area contributed by atoms with Crippen LogP contribution in [-0.4, -0.2) is 46.7 Å². The zero-order valence-electron chi connectivity index (χ0n) is 10.3. The number of benzene rings is 1. The first-order valence-corrected chi connectivity index (χ1v) is 9.42. The molecule has 1 aromatic carbocycles. The molecule has 0 fully saturated rings. The molecule has 0 unspecified atom stereocenters. The summed E-state index contributed by atoms with van der Waals surface area (Å²) in [7, 11) is -5.84. The van der Waals surface area contributed by atoms with Crippen molar-refractivity contribution < 1.29 is 21.2 Å². The molecule has 0 heterocycles. The van der Waals surface area contributed by atoms with Crippen molar-refractivity contribution in [2.24, 2.45) is 0 Å². The molecule has 0 saturated carbocycles. The van der Waals surface area contributed by atoms with Crippen molar-refractivity contribution in [1.82, 2.24) is 4.31 Å². The van der Waals surface area contributed by atoms with E-state index in [4.69, 9.17) is 0 Å². The molecule has 0 aromatic heterocycles. The highest BCUT2D eigenvalue weighted by Crippen LogP contribution is 2.25. The van der Waals surface area contributed by atoms with Crippen molar-refractivity contribution in [3.05, 3.63) is 28.5 Å². The molecule has 0 bridgehead atoms. The summed E-state index contributed by atoms with van der Waals surface area (Å²) >= 11 is 2.98. The molecule has 0 radical (unpaired) electrons. The number of nitrogens with zero attached hydrogens (tertiary/aromatic N) is 1. The Labute approximate surface area is 120 Å². The number of hydrogen-bond donors (Lipinski definition) is 0. The van der Waals surface area contributed by atoms with Gasteiger partial charge in [0.25, 0.3) is 0 Å². The highest BCUT2D eigenvalue weighted by Gasteiger charge is 2.24. The fourth-order valence-electron chi connectivity index (χ4n) is 1.27. The summed E-state index contributed by atoms with van der Waals surface area (Å²) < 4.78 is 60.3. The predicted octanol–water partition coefficient (Wildman–Crippen LogP) is 1.25. The Kier molecular flexibility index (Phi) is 5.10. The number of sulfonamides is 1. The molecule has 0 atom stereocenters. The summed E-state index contributed by atoms with van der Waals surface area (Å²) in [6, 6.07) is 3.20. The van der Waals surface area contributed by atoms with E-state index in [9.17, 15) is 21.2 Å². The second kappa shape index (κ2) is 5.86. The van der Waals surface area contributed by atoms with Crippen LogP contribution in [0.3, 0.4) is 0 Å². The molecule has 5 nitrogen and oxygen atoms in total. The maximum atomic E-state index is 12.9. The van der Waals surface area contributed by atoms with E-state index < -0.39 is 25.7 Å². The SMILES string of the molecule is CN(CCS(C)(=O)=O)S(=O)(=O)c1ccc(F)cc1Br. The van der Waals surface area contributed by atoms with Crippen molar-refractivity contribution in [1.29, 1.82) is 0 Å². The molecule has 0 saturated heterocycles. The first kappa shape index (κ1) is 16.5. The highest BCUT2D eigenvalue weighted by atomic mass is 79.9. The third kappa shape index (κ3) is 4.51. The minimum Gasteiger partial charge on any atom is -0.229 e. The van der Waals surface area contributed by atoms with Crippen LogP contribution in [0.5, 0.6) is 0 Å². The van der Waals surface area contributed by atoms with Gasteiger partial charge in [-0.15, -0.1) is 0 Å². The third-order valence-electron chi connectivity index (χ3n) is 2.36. The van der Waals surface area contributed by atoms with Crippen LogP contribution in [0, 0.1) is 5.82 Å². The molecule has 0 amide bonds. The monoisotopic (exact) mass is 373 g/mol. The van der Waals surface area contributed by atoms with Crippen LogP contribution in [0.15, 0.2) is 27.6 Å². The summed E-state index contributed by atoms with van der Waals surface area (Å²) in [6.45, 7) is -0.162. The van der Waals surface area contributed by atoms with Gasteiger partial charge >= 0.3 is 0 Å². The average molecular weight is 374 g/mol. The van der Waals surface area contributed by atoms with Gasteiger partial charge in [0.05, 0.1) is 10.6 Å². The lowest BCUT2D eigenvalue weighted by Gasteiger charge is -2.17. The lowest BCUT2D eigenvalue weighted by molar-refractivity contribution is 0.484. The lowest BCUT2D eigenvalue weighted by atomic mass is 10.3. The maximum absolute atomic E-state index is 12.9. The largest absolute Gasteiger partial charge is 0.243 e. The number of hydrogen-bond acceptors (Lipinski definition) is 4. The Morgan fingerprint density at radius 1 is 1.26 bits per heavy atom. The normalized spacial score (nSPS) is 12.9. The van der Waals surface area contributed by atoms with Gasteiger partial charge in [-0.25, -0.2) is 21.2 Å². The van der Waals surface area contributed by atoms with E-state index in [2.05, 4.69) is 15.9 Å². The minimum absolute atomic E-state index is 0.0960. The van der Waals surface area contributed by atoms with Crippen LogP contribution >= 0.6 is 15.9 Å². The van der Waals surface area contributed by atoms with Gasteiger partial charge in [-0.2, -0.15) is 4.31 Å². The van der Waals surface area contributed by atoms with Crippen molar-refractivity contribution >= 4 is 35.8 Å². The lowest BCUT2D eigenvalue weighted by Crippen LogP contribution is -2.31. The summed E-state index contributed by atoms with van der Waals surface area (Å²) in [5, 5.41) is 0. The fraction of sp³-hybridized carbons (Fsp3) is 0.400. The summed E-state index contributed by atoms with van der Waals surface area (Å²) in [5.41, 5.74) is 0. The zero-order chi connectivity index (χ0) is 14.8. The van der Waals surface area contributed by atoms with Gasteiger partial charge < -0.3 is 0 Å². The molecule has 0 N–H and O–H groups in total. The van der Waals surface area contributed by atoms with Gasteiger partial charge in [0, 0.05) is 24.3 Å². The molecule has 108 valence electrons. The molecule has 0 aliphatic rings. The van der Waals surface area contributed by atoms with E-state index in [1.807, 2.05) is 0 Å². The predicted molar refractivity (Wildman–Crippen MR) is 73.6 cm³/mol. The molecular weight excluding hydrogens is 361 g/mol. The van der Waals surface area contributed by atoms with E-state index in [0.29, 0.717) is 0 Å². The van der Waals surface area contributed by atoms with Gasteiger partial charge in [0.15, 0.2) is 0 Å². The van der Waals surface area contributed by atoms with E-state index >= 15 is 0 Å². The van der Waals surface area contributed by atoms with Crippen molar-refractivity contribution in [2.45, 2.75) is 4.90 Å². The third-order valence-corrected chi connectivity index (χ3v) is 6.12. The first-order valence-electron chi connectivity index (χ1n) is 5.13. The van der Waals surface area contributed by atoms with Crippen LogP contribution in [0.2, 0.25) is 0 Å². The summed E-state index contributed by atoms with van der Waals surface area (Å²) in [5.74, 6) is -0.841. The van der Waals surface area contributed by atoms with E-state index in [-0.39, 0.29) is 21.7 Å². The molecular formula is C10H13BrFNO4S2.